The fourth-order valence-electron chi connectivity index (χ4n) is 4.50. The van der Waals surface area contributed by atoms with Gasteiger partial charge in [-0.3, -0.25) is 4.79 Å². The second-order valence-corrected chi connectivity index (χ2v) is 10.6. The fraction of sp³-hybridized carbons (Fsp3) is 0.391. The van der Waals surface area contributed by atoms with Gasteiger partial charge in [0.2, 0.25) is 10.0 Å². The first-order valence-electron chi connectivity index (χ1n) is 11.4. The maximum atomic E-state index is 14.8. The van der Waals surface area contributed by atoms with Crippen LogP contribution in [-0.2, 0) is 36.0 Å². The molecule has 0 atom stereocenters. The highest BCUT2D eigenvalue weighted by atomic mass is 32.2. The van der Waals surface area contributed by atoms with Gasteiger partial charge in [-0.15, -0.1) is 10.2 Å². The van der Waals surface area contributed by atoms with Crippen LogP contribution >= 0.6 is 0 Å². The predicted molar refractivity (Wildman–Crippen MR) is 124 cm³/mol. The largest absolute Gasteiger partial charge is 0.310 e. The number of pyridine rings is 1. The number of fused-ring (bicyclic) bond motifs is 2. The van der Waals surface area contributed by atoms with E-state index in [-0.39, 0.29) is 23.7 Å². The topological polar surface area (TPSA) is 110 Å². The molecule has 1 aromatic carbocycles. The molecule has 4 heterocycles. The summed E-state index contributed by atoms with van der Waals surface area (Å²) in [5.41, 5.74) is 1.78. The molecule has 0 saturated heterocycles. The van der Waals surface area contributed by atoms with Crippen molar-refractivity contribution in [3.05, 3.63) is 58.7 Å². The molecule has 178 valence electrons. The van der Waals surface area contributed by atoms with Crippen molar-refractivity contribution in [2.75, 3.05) is 17.6 Å². The first-order valence-corrected chi connectivity index (χ1v) is 13.0. The van der Waals surface area contributed by atoms with Crippen LogP contribution in [0.25, 0.3) is 11.5 Å². The van der Waals surface area contributed by atoms with Crippen molar-refractivity contribution >= 4 is 21.7 Å². The lowest BCUT2D eigenvalue weighted by atomic mass is 9.97. The lowest BCUT2D eigenvalue weighted by molar-refractivity contribution is 0.102. The van der Waals surface area contributed by atoms with Crippen molar-refractivity contribution < 1.29 is 17.6 Å². The monoisotopic (exact) mass is 484 g/mol. The minimum Gasteiger partial charge on any atom is -0.310 e. The lowest BCUT2D eigenvalue weighted by Crippen LogP contribution is -2.37. The van der Waals surface area contributed by atoms with Gasteiger partial charge < -0.3 is 9.88 Å². The quantitative estimate of drug-likeness (QED) is 0.576. The van der Waals surface area contributed by atoms with E-state index in [1.54, 1.807) is 18.2 Å². The summed E-state index contributed by atoms with van der Waals surface area (Å²) in [5.74, 6) is 0.586. The Hall–Kier alpha value is -3.18. The molecule has 11 heteroatoms. The summed E-state index contributed by atoms with van der Waals surface area (Å²) in [6.45, 7) is 3.07. The molecular weight excluding hydrogens is 459 g/mol. The van der Waals surface area contributed by atoms with E-state index in [2.05, 4.69) is 20.5 Å². The number of nitrogens with one attached hydrogen (secondary N) is 1. The Kier molecular flexibility index (Phi) is 5.90. The number of aryl methyl sites for hydroxylation is 1. The Morgan fingerprint density at radius 2 is 2.00 bits per heavy atom. The van der Waals surface area contributed by atoms with E-state index in [1.807, 2.05) is 11.5 Å². The van der Waals surface area contributed by atoms with Gasteiger partial charge >= 0.3 is 0 Å². The predicted octanol–water partition coefficient (Wildman–Crippen LogP) is 2.78. The fourth-order valence-corrected chi connectivity index (χ4v) is 5.98. The number of rotatable bonds is 6. The van der Waals surface area contributed by atoms with E-state index < -0.39 is 21.7 Å². The number of benzene rings is 1. The molecule has 0 radical (unpaired) electrons. The molecule has 2 aromatic heterocycles. The molecule has 9 nitrogen and oxygen atoms in total. The van der Waals surface area contributed by atoms with E-state index in [9.17, 15) is 17.6 Å². The van der Waals surface area contributed by atoms with Gasteiger partial charge in [0.25, 0.3) is 5.91 Å². The van der Waals surface area contributed by atoms with Crippen molar-refractivity contribution in [3.63, 3.8) is 0 Å². The molecule has 3 aromatic rings. The summed E-state index contributed by atoms with van der Waals surface area (Å²) in [4.78, 5) is 17.4. The Morgan fingerprint density at radius 3 is 2.82 bits per heavy atom. The van der Waals surface area contributed by atoms with Crippen molar-refractivity contribution in [1.82, 2.24) is 24.1 Å². The molecule has 34 heavy (non-hydrogen) atoms. The van der Waals surface area contributed by atoms with Crippen LogP contribution in [-0.4, -0.2) is 50.7 Å². The number of carbonyl (C=O) groups is 1. The van der Waals surface area contributed by atoms with Gasteiger partial charge in [-0.05, 0) is 54.7 Å². The second kappa shape index (κ2) is 8.88. The van der Waals surface area contributed by atoms with Gasteiger partial charge in [0, 0.05) is 26.1 Å². The Bertz CT molecular complexity index is 1370. The number of anilines is 1. The van der Waals surface area contributed by atoms with Gasteiger partial charge in [0.15, 0.2) is 5.82 Å². The third-order valence-corrected chi connectivity index (χ3v) is 8.22. The number of sulfonamides is 1. The van der Waals surface area contributed by atoms with Crippen LogP contribution in [0.3, 0.4) is 0 Å². The maximum absolute atomic E-state index is 14.8. The maximum Gasteiger partial charge on any atom is 0.259 e. The minimum atomic E-state index is -3.38. The van der Waals surface area contributed by atoms with Crippen LogP contribution in [0.5, 0.6) is 0 Å². The zero-order valence-electron chi connectivity index (χ0n) is 18.8. The van der Waals surface area contributed by atoms with Gasteiger partial charge in [0.1, 0.15) is 23.2 Å². The van der Waals surface area contributed by atoms with Crippen molar-refractivity contribution in [2.24, 2.45) is 0 Å². The molecule has 0 spiro atoms. The zero-order valence-corrected chi connectivity index (χ0v) is 19.6. The molecular formula is C23H25FN6O3S. The lowest BCUT2D eigenvalue weighted by Gasteiger charge is -2.28. The van der Waals surface area contributed by atoms with Gasteiger partial charge in [-0.25, -0.2) is 17.8 Å². The number of nitrogens with zero attached hydrogens (tertiary/aromatic N) is 5. The normalized spacial score (nSPS) is 15.7. The van der Waals surface area contributed by atoms with Gasteiger partial charge in [-0.1, -0.05) is 13.0 Å². The van der Waals surface area contributed by atoms with Crippen LogP contribution in [0.2, 0.25) is 0 Å². The van der Waals surface area contributed by atoms with Gasteiger partial charge in [-0.2, -0.15) is 4.31 Å². The Labute approximate surface area is 197 Å². The van der Waals surface area contributed by atoms with Crippen molar-refractivity contribution in [2.45, 2.75) is 45.7 Å². The highest BCUT2D eigenvalue weighted by Crippen LogP contribution is 2.26. The molecule has 2 aliphatic heterocycles. The number of carbonyl (C=O) groups excluding carboxylic acids is 1. The Balaban J connectivity index is 1.38. The summed E-state index contributed by atoms with van der Waals surface area (Å²) >= 11 is 0. The summed E-state index contributed by atoms with van der Waals surface area (Å²) in [5, 5.41) is 11.1. The van der Waals surface area contributed by atoms with E-state index in [0.717, 1.165) is 30.8 Å². The van der Waals surface area contributed by atoms with E-state index in [1.165, 1.54) is 16.4 Å². The third kappa shape index (κ3) is 4.21. The number of hydrogen-bond donors (Lipinski definition) is 1. The third-order valence-electron chi connectivity index (χ3n) is 6.20. The minimum absolute atomic E-state index is 0.0636. The highest BCUT2D eigenvalue weighted by molar-refractivity contribution is 7.89. The van der Waals surface area contributed by atoms with Crippen LogP contribution in [0, 0.1) is 5.82 Å². The SMILES string of the molecule is CCCS(=O)(=O)N1CCc2cc(F)c(C(=O)Nc3cccc(-c4nnc5n4CCC5)n3)cc2C1. The number of halogens is 1. The van der Waals surface area contributed by atoms with Crippen LogP contribution in [0.15, 0.2) is 30.3 Å². The molecule has 1 amide bonds. The number of amides is 1. The molecule has 2 aliphatic rings. The van der Waals surface area contributed by atoms with E-state index in [0.29, 0.717) is 36.5 Å². The summed E-state index contributed by atoms with van der Waals surface area (Å²) in [6.07, 6.45) is 2.80. The van der Waals surface area contributed by atoms with Crippen LogP contribution < -0.4 is 5.32 Å². The van der Waals surface area contributed by atoms with Gasteiger partial charge in [0.05, 0.1) is 11.3 Å². The summed E-state index contributed by atoms with van der Waals surface area (Å²) < 4.78 is 43.2. The molecule has 0 saturated carbocycles. The Morgan fingerprint density at radius 1 is 1.15 bits per heavy atom. The number of hydrogen-bond acceptors (Lipinski definition) is 6. The standard InChI is InChI=1S/C23H25FN6O3S/c1-2-11-34(32,33)29-10-8-15-13-18(24)17(12-16(15)14-29)23(31)26-20-6-3-5-19(25-20)22-28-27-21-7-4-9-30(21)22/h3,5-6,12-13H,2,4,7-11,14H2,1H3,(H,25,26,31). The van der Waals surface area contributed by atoms with E-state index >= 15 is 0 Å². The molecule has 0 bridgehead atoms. The number of aromatic nitrogens is 4. The summed E-state index contributed by atoms with van der Waals surface area (Å²) in [6, 6.07) is 7.93. The average Bonchev–Trinajstić information content (AvgIpc) is 3.42. The average molecular weight is 485 g/mol. The molecule has 0 fully saturated rings. The first kappa shape index (κ1) is 22.6. The smallest absolute Gasteiger partial charge is 0.259 e. The highest BCUT2D eigenvalue weighted by Gasteiger charge is 2.28. The first-order chi connectivity index (χ1) is 16.4. The van der Waals surface area contributed by atoms with Crippen molar-refractivity contribution in [1.29, 1.82) is 0 Å². The zero-order chi connectivity index (χ0) is 23.9. The van der Waals surface area contributed by atoms with Crippen LogP contribution in [0.4, 0.5) is 10.2 Å². The van der Waals surface area contributed by atoms with Crippen molar-refractivity contribution in [3.8, 4) is 11.5 Å². The second-order valence-electron chi connectivity index (χ2n) is 8.56. The molecule has 0 unspecified atom stereocenters. The molecule has 5 rings (SSSR count). The summed E-state index contributed by atoms with van der Waals surface area (Å²) in [7, 11) is -3.38. The van der Waals surface area contributed by atoms with E-state index in [4.69, 9.17) is 0 Å². The molecule has 0 aliphatic carbocycles. The van der Waals surface area contributed by atoms with Crippen LogP contribution in [0.1, 0.15) is 47.1 Å². The molecule has 1 N–H and O–H groups in total.